The van der Waals surface area contributed by atoms with E-state index >= 15 is 0 Å². The molecule has 1 fully saturated rings. The molecule has 2 atom stereocenters. The Kier molecular flexibility index (Phi) is 5.11. The molecule has 118 valence electrons. The van der Waals surface area contributed by atoms with E-state index in [1.807, 2.05) is 30.3 Å². The first kappa shape index (κ1) is 16.4. The maximum atomic E-state index is 12.6. The Hall–Kier alpha value is -1.97. The van der Waals surface area contributed by atoms with E-state index < -0.39 is 11.3 Å². The zero-order chi connectivity index (χ0) is 16.2. The minimum atomic E-state index is -0.742. The van der Waals surface area contributed by atoms with Gasteiger partial charge in [0.15, 0.2) is 0 Å². The third-order valence-corrected chi connectivity index (χ3v) is 4.56. The third-order valence-electron chi connectivity index (χ3n) is 4.56. The summed E-state index contributed by atoms with van der Waals surface area (Å²) in [5.41, 5.74) is 0.181. The van der Waals surface area contributed by atoms with Crippen LogP contribution in [0.4, 0.5) is 0 Å². The molecular weight excluding hydrogens is 278 g/mol. The molecule has 1 aromatic rings. The summed E-state index contributed by atoms with van der Waals surface area (Å²) in [6.45, 7) is 4.14. The van der Waals surface area contributed by atoms with E-state index in [1.165, 1.54) is 4.90 Å². The van der Waals surface area contributed by atoms with E-state index in [2.05, 4.69) is 6.92 Å². The number of rotatable bonds is 7. The number of nitrogens with zero attached hydrogens (tertiary/aromatic N) is 1. The van der Waals surface area contributed by atoms with E-state index in [0.717, 1.165) is 24.7 Å². The molecule has 22 heavy (non-hydrogen) atoms. The van der Waals surface area contributed by atoms with Crippen LogP contribution in [-0.4, -0.2) is 23.0 Å². The molecule has 1 heterocycles. The van der Waals surface area contributed by atoms with Crippen molar-refractivity contribution in [3.8, 4) is 0 Å². The highest BCUT2D eigenvalue weighted by atomic mass is 16.2. The van der Waals surface area contributed by atoms with Gasteiger partial charge < -0.3 is 4.79 Å². The van der Waals surface area contributed by atoms with E-state index in [9.17, 15) is 14.4 Å². The molecule has 1 saturated heterocycles. The second-order valence-electron chi connectivity index (χ2n) is 6.29. The summed E-state index contributed by atoms with van der Waals surface area (Å²) in [5, 5.41) is 0. The van der Waals surface area contributed by atoms with Gasteiger partial charge >= 0.3 is 0 Å². The summed E-state index contributed by atoms with van der Waals surface area (Å²) in [5.74, 6) is -0.907. The van der Waals surface area contributed by atoms with Crippen molar-refractivity contribution in [1.82, 2.24) is 4.90 Å². The first-order valence-electron chi connectivity index (χ1n) is 7.86. The van der Waals surface area contributed by atoms with Crippen LogP contribution in [0.2, 0.25) is 0 Å². The van der Waals surface area contributed by atoms with Crippen molar-refractivity contribution in [2.24, 2.45) is 11.3 Å². The molecule has 0 bridgehead atoms. The summed E-state index contributed by atoms with van der Waals surface area (Å²) in [6.07, 6.45) is 3.50. The molecule has 0 aliphatic carbocycles. The molecule has 4 heteroatoms. The van der Waals surface area contributed by atoms with Gasteiger partial charge in [-0.3, -0.25) is 14.5 Å². The summed E-state index contributed by atoms with van der Waals surface area (Å²) in [7, 11) is 0. The second kappa shape index (κ2) is 6.86. The van der Waals surface area contributed by atoms with Gasteiger partial charge in [-0.05, 0) is 12.0 Å². The highest BCUT2D eigenvalue weighted by Gasteiger charge is 2.48. The molecule has 0 radical (unpaired) electrons. The Bertz CT molecular complexity index is 555. The largest absolute Gasteiger partial charge is 0.303 e. The number of amides is 2. The van der Waals surface area contributed by atoms with Gasteiger partial charge in [0.05, 0.1) is 12.5 Å². The molecule has 2 rings (SSSR count). The molecule has 1 aliphatic rings. The normalized spacial score (nSPS) is 21.0. The average molecular weight is 301 g/mol. The molecule has 0 N–H and O–H groups in total. The second-order valence-corrected chi connectivity index (χ2v) is 6.29. The summed E-state index contributed by atoms with van der Waals surface area (Å²) in [4.78, 5) is 37.7. The molecular formula is C18H23NO3. The van der Waals surface area contributed by atoms with Crippen LogP contribution in [0.3, 0.4) is 0 Å². The van der Waals surface area contributed by atoms with Crippen LogP contribution < -0.4 is 0 Å². The van der Waals surface area contributed by atoms with Crippen molar-refractivity contribution >= 4 is 18.1 Å². The van der Waals surface area contributed by atoms with Crippen LogP contribution in [0.25, 0.3) is 0 Å². The number of carbonyl (C=O) groups is 3. The Morgan fingerprint density at radius 3 is 2.55 bits per heavy atom. The molecule has 2 amide bonds. The lowest BCUT2D eigenvalue weighted by Crippen LogP contribution is -2.37. The molecule has 0 aromatic heterocycles. The van der Waals surface area contributed by atoms with Gasteiger partial charge in [-0.25, -0.2) is 0 Å². The lowest BCUT2D eigenvalue weighted by Gasteiger charge is -2.28. The first-order valence-corrected chi connectivity index (χ1v) is 7.86. The van der Waals surface area contributed by atoms with Crippen LogP contribution >= 0.6 is 0 Å². The van der Waals surface area contributed by atoms with Crippen LogP contribution in [0, 0.1) is 11.3 Å². The molecule has 4 nitrogen and oxygen atoms in total. The number of hydrogen-bond acceptors (Lipinski definition) is 3. The molecule has 0 spiro atoms. The number of aldehydes is 1. The highest BCUT2D eigenvalue weighted by Crippen LogP contribution is 2.39. The molecule has 0 saturated carbocycles. The highest BCUT2D eigenvalue weighted by molar-refractivity contribution is 6.05. The van der Waals surface area contributed by atoms with E-state index in [-0.39, 0.29) is 24.8 Å². The number of benzene rings is 1. The SMILES string of the molecule is CCCCC(C)(C=O)C1CC(=O)N(Cc2ccccc2)C1=O. The Morgan fingerprint density at radius 1 is 1.27 bits per heavy atom. The first-order chi connectivity index (χ1) is 10.5. The van der Waals surface area contributed by atoms with Crippen molar-refractivity contribution < 1.29 is 14.4 Å². The van der Waals surface area contributed by atoms with Crippen LogP contribution in [0.15, 0.2) is 30.3 Å². The Labute approximate surface area is 131 Å². The Morgan fingerprint density at radius 2 is 1.95 bits per heavy atom. The fraction of sp³-hybridized carbons (Fsp3) is 0.500. The average Bonchev–Trinajstić information content (AvgIpc) is 2.82. The summed E-state index contributed by atoms with van der Waals surface area (Å²) < 4.78 is 0. The smallest absolute Gasteiger partial charge is 0.234 e. The monoisotopic (exact) mass is 301 g/mol. The minimum Gasteiger partial charge on any atom is -0.303 e. The fourth-order valence-electron chi connectivity index (χ4n) is 3.00. The third kappa shape index (κ3) is 3.26. The van der Waals surface area contributed by atoms with E-state index in [0.29, 0.717) is 6.42 Å². The van der Waals surface area contributed by atoms with Crippen molar-refractivity contribution in [3.63, 3.8) is 0 Å². The van der Waals surface area contributed by atoms with Crippen molar-refractivity contribution in [2.75, 3.05) is 0 Å². The number of hydrogen-bond donors (Lipinski definition) is 0. The van der Waals surface area contributed by atoms with Gasteiger partial charge in [0, 0.05) is 11.8 Å². The fourth-order valence-corrected chi connectivity index (χ4v) is 3.00. The van der Waals surface area contributed by atoms with Gasteiger partial charge in [0.1, 0.15) is 6.29 Å². The van der Waals surface area contributed by atoms with E-state index in [1.54, 1.807) is 6.92 Å². The molecule has 2 unspecified atom stereocenters. The van der Waals surface area contributed by atoms with E-state index in [4.69, 9.17) is 0 Å². The minimum absolute atomic E-state index is 0.143. The standard InChI is InChI=1S/C18H23NO3/c1-3-4-10-18(2,13-20)15-11-16(21)19(17(15)22)12-14-8-6-5-7-9-14/h5-9,13,15H,3-4,10-12H2,1-2H3. The van der Waals surface area contributed by atoms with Gasteiger partial charge in [0.25, 0.3) is 0 Å². The van der Waals surface area contributed by atoms with Crippen molar-refractivity contribution in [3.05, 3.63) is 35.9 Å². The lowest BCUT2D eigenvalue weighted by molar-refractivity contribution is -0.142. The predicted octanol–water partition coefficient (Wildman–Crippen LogP) is 2.96. The van der Waals surface area contributed by atoms with Crippen molar-refractivity contribution in [1.29, 1.82) is 0 Å². The van der Waals surface area contributed by atoms with Gasteiger partial charge in [0.2, 0.25) is 11.8 Å². The molecule has 1 aromatic carbocycles. The summed E-state index contributed by atoms with van der Waals surface area (Å²) in [6, 6.07) is 9.45. The van der Waals surface area contributed by atoms with Gasteiger partial charge in [-0.15, -0.1) is 0 Å². The number of likely N-dealkylation sites (tertiary alicyclic amines) is 1. The summed E-state index contributed by atoms with van der Waals surface area (Å²) >= 11 is 0. The maximum absolute atomic E-state index is 12.6. The van der Waals surface area contributed by atoms with Gasteiger partial charge in [-0.2, -0.15) is 0 Å². The van der Waals surface area contributed by atoms with Crippen molar-refractivity contribution in [2.45, 2.75) is 46.1 Å². The quantitative estimate of drug-likeness (QED) is 0.575. The topological polar surface area (TPSA) is 54.5 Å². The zero-order valence-corrected chi connectivity index (χ0v) is 13.2. The maximum Gasteiger partial charge on any atom is 0.234 e. The van der Waals surface area contributed by atoms with Crippen LogP contribution in [-0.2, 0) is 20.9 Å². The lowest BCUT2D eigenvalue weighted by atomic mass is 9.73. The number of carbonyl (C=O) groups excluding carboxylic acids is 3. The Balaban J connectivity index is 2.15. The predicted molar refractivity (Wildman–Crippen MR) is 83.8 cm³/mol. The van der Waals surface area contributed by atoms with Crippen LogP contribution in [0.1, 0.15) is 45.1 Å². The van der Waals surface area contributed by atoms with Crippen LogP contribution in [0.5, 0.6) is 0 Å². The zero-order valence-electron chi connectivity index (χ0n) is 13.2. The number of unbranched alkanes of at least 4 members (excludes halogenated alkanes) is 1. The number of imide groups is 1. The molecule has 1 aliphatic heterocycles. The van der Waals surface area contributed by atoms with Gasteiger partial charge in [-0.1, -0.05) is 57.0 Å².